The summed E-state index contributed by atoms with van der Waals surface area (Å²) in [5, 5.41) is 9.75. The SMILES string of the molecule is Cc1ccc(C(C)C)c(Oc2nc3ccccn3c(=O)c2/C=C(\C#N)S(=O)(=O)c2ccccc2)c1. The lowest BCUT2D eigenvalue weighted by atomic mass is 10.0. The van der Waals surface area contributed by atoms with Crippen LogP contribution in [0.4, 0.5) is 0 Å². The van der Waals surface area contributed by atoms with Crippen LogP contribution in [0, 0.1) is 18.3 Å². The lowest BCUT2D eigenvalue weighted by Crippen LogP contribution is -2.19. The standard InChI is InChI=1S/C27H23N3O4S/c1-18(2)22-13-12-19(3)15-24(22)34-26-23(27(31)30-14-8-7-11-25(30)29-26)16-21(17-28)35(32,33)20-9-5-4-6-10-20/h4-16,18H,1-3H3/b21-16+. The molecule has 0 aliphatic heterocycles. The normalized spacial score (nSPS) is 12.0. The average Bonchev–Trinajstić information content (AvgIpc) is 2.84. The van der Waals surface area contributed by atoms with Crippen molar-refractivity contribution >= 4 is 21.6 Å². The molecule has 0 saturated heterocycles. The first-order chi connectivity index (χ1) is 16.7. The predicted molar refractivity (Wildman–Crippen MR) is 134 cm³/mol. The summed E-state index contributed by atoms with van der Waals surface area (Å²) in [5.41, 5.74) is 1.48. The monoisotopic (exact) mass is 485 g/mol. The van der Waals surface area contributed by atoms with Gasteiger partial charge in [-0.2, -0.15) is 10.2 Å². The van der Waals surface area contributed by atoms with Gasteiger partial charge in [-0.15, -0.1) is 0 Å². The molecule has 0 saturated carbocycles. The molecule has 2 aromatic heterocycles. The number of ether oxygens (including phenoxy) is 1. The van der Waals surface area contributed by atoms with Crippen molar-refractivity contribution in [3.05, 3.63) is 105 Å². The van der Waals surface area contributed by atoms with Gasteiger partial charge < -0.3 is 4.74 Å². The van der Waals surface area contributed by atoms with E-state index in [1.165, 1.54) is 22.7 Å². The largest absolute Gasteiger partial charge is 0.438 e. The van der Waals surface area contributed by atoms with Gasteiger partial charge >= 0.3 is 0 Å². The summed E-state index contributed by atoms with van der Waals surface area (Å²) in [5.74, 6) is 0.551. The first-order valence-electron chi connectivity index (χ1n) is 10.9. The van der Waals surface area contributed by atoms with E-state index in [9.17, 15) is 18.5 Å². The Kier molecular flexibility index (Phi) is 6.54. The minimum atomic E-state index is -4.17. The lowest BCUT2D eigenvalue weighted by molar-refractivity contribution is 0.452. The second kappa shape index (κ2) is 9.57. The van der Waals surface area contributed by atoms with Crippen molar-refractivity contribution in [2.24, 2.45) is 0 Å². The summed E-state index contributed by atoms with van der Waals surface area (Å²) in [6, 6.07) is 20.1. The fourth-order valence-electron chi connectivity index (χ4n) is 3.62. The third-order valence-electron chi connectivity index (χ3n) is 5.46. The molecule has 0 amide bonds. The number of nitrogens with zero attached hydrogens (tertiary/aromatic N) is 3. The fraction of sp³-hybridized carbons (Fsp3) is 0.148. The zero-order valence-corrected chi connectivity index (χ0v) is 20.3. The molecule has 4 aromatic rings. The minimum Gasteiger partial charge on any atom is -0.438 e. The highest BCUT2D eigenvalue weighted by Gasteiger charge is 2.24. The van der Waals surface area contributed by atoms with E-state index in [1.54, 1.807) is 42.5 Å². The Balaban J connectivity index is 1.97. The minimum absolute atomic E-state index is 0.0510. The molecule has 0 spiro atoms. The Morgan fingerprint density at radius 1 is 1.09 bits per heavy atom. The molecule has 0 radical (unpaired) electrons. The maximum Gasteiger partial charge on any atom is 0.269 e. The third kappa shape index (κ3) is 4.72. The molecule has 2 aromatic carbocycles. The Hall–Kier alpha value is -4.22. The van der Waals surface area contributed by atoms with Gasteiger partial charge in [0.2, 0.25) is 15.7 Å². The second-order valence-electron chi connectivity index (χ2n) is 8.30. The number of pyridine rings is 1. The van der Waals surface area contributed by atoms with E-state index < -0.39 is 20.3 Å². The van der Waals surface area contributed by atoms with Crippen LogP contribution < -0.4 is 10.3 Å². The molecule has 0 atom stereocenters. The number of hydrogen-bond acceptors (Lipinski definition) is 6. The molecular formula is C27H23N3O4S. The van der Waals surface area contributed by atoms with Crippen molar-refractivity contribution in [3.8, 4) is 17.7 Å². The highest BCUT2D eigenvalue weighted by Crippen LogP contribution is 2.33. The summed E-state index contributed by atoms with van der Waals surface area (Å²) in [4.78, 5) is 17.3. The Bertz CT molecular complexity index is 1650. The van der Waals surface area contributed by atoms with Crippen molar-refractivity contribution in [3.63, 3.8) is 0 Å². The van der Waals surface area contributed by atoms with Crippen LogP contribution in [0.25, 0.3) is 11.7 Å². The summed E-state index contributed by atoms with van der Waals surface area (Å²) < 4.78 is 33.7. The van der Waals surface area contributed by atoms with Crippen molar-refractivity contribution in [1.82, 2.24) is 9.38 Å². The zero-order chi connectivity index (χ0) is 25.2. The van der Waals surface area contributed by atoms with Gasteiger partial charge in [0.15, 0.2) is 0 Å². The van der Waals surface area contributed by atoms with Gasteiger partial charge in [0.05, 0.1) is 4.90 Å². The van der Waals surface area contributed by atoms with Crippen LogP contribution >= 0.6 is 0 Å². The van der Waals surface area contributed by atoms with Crippen molar-refractivity contribution in [2.45, 2.75) is 31.6 Å². The van der Waals surface area contributed by atoms with E-state index in [-0.39, 0.29) is 22.3 Å². The van der Waals surface area contributed by atoms with Crippen LogP contribution in [0.15, 0.2) is 87.5 Å². The molecular weight excluding hydrogens is 462 g/mol. The molecule has 0 bridgehead atoms. The molecule has 7 nitrogen and oxygen atoms in total. The highest BCUT2D eigenvalue weighted by molar-refractivity contribution is 7.95. The molecule has 35 heavy (non-hydrogen) atoms. The van der Waals surface area contributed by atoms with Gasteiger partial charge in [-0.25, -0.2) is 8.42 Å². The molecule has 0 aliphatic carbocycles. The van der Waals surface area contributed by atoms with Crippen molar-refractivity contribution < 1.29 is 13.2 Å². The van der Waals surface area contributed by atoms with Gasteiger partial charge in [0.1, 0.15) is 27.9 Å². The first-order valence-corrected chi connectivity index (χ1v) is 12.4. The van der Waals surface area contributed by atoms with Gasteiger partial charge in [-0.1, -0.05) is 50.2 Å². The number of aryl methyl sites for hydroxylation is 1. The summed E-state index contributed by atoms with van der Waals surface area (Å²) in [6.45, 7) is 5.95. The third-order valence-corrected chi connectivity index (χ3v) is 7.14. The fourth-order valence-corrected chi connectivity index (χ4v) is 4.79. The smallest absolute Gasteiger partial charge is 0.269 e. The van der Waals surface area contributed by atoms with Crippen molar-refractivity contribution in [2.75, 3.05) is 0 Å². The molecule has 0 aliphatic rings. The number of aromatic nitrogens is 2. The zero-order valence-electron chi connectivity index (χ0n) is 19.5. The Morgan fingerprint density at radius 3 is 2.49 bits per heavy atom. The molecule has 0 unspecified atom stereocenters. The van der Waals surface area contributed by atoms with E-state index in [1.807, 2.05) is 39.0 Å². The molecule has 2 heterocycles. The van der Waals surface area contributed by atoms with Gasteiger partial charge in [0.25, 0.3) is 5.56 Å². The molecule has 0 fully saturated rings. The number of allylic oxidation sites excluding steroid dienone is 1. The molecule has 8 heteroatoms. The van der Waals surface area contributed by atoms with Crippen LogP contribution in [0.3, 0.4) is 0 Å². The summed E-state index contributed by atoms with van der Waals surface area (Å²) in [7, 11) is -4.17. The van der Waals surface area contributed by atoms with Crippen LogP contribution in [0.1, 0.15) is 36.5 Å². The Morgan fingerprint density at radius 2 is 1.80 bits per heavy atom. The van der Waals surface area contributed by atoms with E-state index in [2.05, 4.69) is 4.98 Å². The number of benzene rings is 2. The van der Waals surface area contributed by atoms with Gasteiger partial charge in [-0.3, -0.25) is 9.20 Å². The quantitative estimate of drug-likeness (QED) is 0.345. The molecule has 4 rings (SSSR count). The topological polar surface area (TPSA) is 102 Å². The van der Waals surface area contributed by atoms with Gasteiger partial charge in [0, 0.05) is 6.20 Å². The van der Waals surface area contributed by atoms with Crippen LogP contribution in [0.5, 0.6) is 11.6 Å². The number of hydrogen-bond donors (Lipinski definition) is 0. The second-order valence-corrected chi connectivity index (χ2v) is 10.2. The number of nitriles is 1. The lowest BCUT2D eigenvalue weighted by Gasteiger charge is -2.16. The van der Waals surface area contributed by atoms with Crippen molar-refractivity contribution in [1.29, 1.82) is 5.26 Å². The van der Waals surface area contributed by atoms with E-state index in [4.69, 9.17) is 4.74 Å². The highest BCUT2D eigenvalue weighted by atomic mass is 32.2. The van der Waals surface area contributed by atoms with E-state index in [0.29, 0.717) is 11.4 Å². The predicted octanol–water partition coefficient (Wildman–Crippen LogP) is 5.26. The Labute approximate surface area is 203 Å². The molecule has 176 valence electrons. The number of fused-ring (bicyclic) bond motifs is 1. The van der Waals surface area contributed by atoms with E-state index in [0.717, 1.165) is 17.2 Å². The van der Waals surface area contributed by atoms with E-state index >= 15 is 0 Å². The number of rotatable bonds is 6. The maximum absolute atomic E-state index is 13.4. The first kappa shape index (κ1) is 23.9. The van der Waals surface area contributed by atoms with Gasteiger partial charge in [-0.05, 0) is 60.4 Å². The van der Waals surface area contributed by atoms with Crippen LogP contribution in [0.2, 0.25) is 0 Å². The summed E-state index contributed by atoms with van der Waals surface area (Å²) in [6.07, 6.45) is 2.56. The van der Waals surface area contributed by atoms with Crippen LogP contribution in [-0.2, 0) is 9.84 Å². The maximum atomic E-state index is 13.4. The molecule has 0 N–H and O–H groups in total. The number of sulfone groups is 1. The summed E-state index contributed by atoms with van der Waals surface area (Å²) >= 11 is 0. The van der Waals surface area contributed by atoms with Crippen LogP contribution in [-0.4, -0.2) is 17.8 Å². The average molecular weight is 486 g/mol.